The van der Waals surface area contributed by atoms with E-state index in [2.05, 4.69) is 33.1 Å². The van der Waals surface area contributed by atoms with Crippen molar-refractivity contribution in [2.75, 3.05) is 33.2 Å². The van der Waals surface area contributed by atoms with Gasteiger partial charge in [-0.25, -0.2) is 0 Å². The number of aliphatic imine (C=N–C) groups is 1. The first kappa shape index (κ1) is 23.1. The molecule has 2 fully saturated rings. The molecule has 0 aromatic heterocycles. The van der Waals surface area contributed by atoms with Gasteiger partial charge in [0.25, 0.3) is 0 Å². The number of hydrogen-bond donors (Lipinski definition) is 3. The summed E-state index contributed by atoms with van der Waals surface area (Å²) in [7, 11) is 1.73. The molecule has 2 amide bonds. The minimum Gasteiger partial charge on any atom is -0.356 e. The lowest BCUT2D eigenvalue weighted by molar-refractivity contribution is -0.127. The minimum absolute atomic E-state index is 0.102. The number of nitrogens with one attached hydrogen (secondary N) is 3. The van der Waals surface area contributed by atoms with E-state index in [1.807, 2.05) is 23.1 Å². The van der Waals surface area contributed by atoms with Gasteiger partial charge in [0.15, 0.2) is 5.96 Å². The first-order valence-electron chi connectivity index (χ1n) is 11.7. The maximum Gasteiger partial charge on any atom is 0.223 e. The third kappa shape index (κ3) is 7.89. The van der Waals surface area contributed by atoms with Crippen molar-refractivity contribution < 1.29 is 9.59 Å². The fourth-order valence-electron chi connectivity index (χ4n) is 4.42. The number of guanidine groups is 1. The molecule has 3 rings (SSSR count). The maximum absolute atomic E-state index is 12.3. The second-order valence-electron chi connectivity index (χ2n) is 8.68. The second kappa shape index (κ2) is 12.3. The third-order valence-corrected chi connectivity index (χ3v) is 6.20. The predicted octanol–water partition coefficient (Wildman–Crippen LogP) is 2.08. The average molecular weight is 428 g/mol. The molecular formula is C24H37N5O2. The number of likely N-dealkylation sites (tertiary alicyclic amines) is 1. The number of amides is 2. The highest BCUT2D eigenvalue weighted by Crippen LogP contribution is 2.18. The molecule has 1 aliphatic carbocycles. The Bertz CT molecular complexity index is 731. The van der Waals surface area contributed by atoms with Crippen LogP contribution in [-0.2, 0) is 16.0 Å². The van der Waals surface area contributed by atoms with E-state index in [0.29, 0.717) is 37.9 Å². The van der Waals surface area contributed by atoms with E-state index < -0.39 is 0 Å². The molecule has 0 spiro atoms. The number of benzene rings is 1. The van der Waals surface area contributed by atoms with Gasteiger partial charge in [-0.1, -0.05) is 49.6 Å². The lowest BCUT2D eigenvalue weighted by Gasteiger charge is -2.23. The van der Waals surface area contributed by atoms with E-state index in [1.165, 1.54) is 24.8 Å². The molecule has 1 aliphatic heterocycles. The Balaban J connectivity index is 1.31. The zero-order chi connectivity index (χ0) is 21.9. The standard InChI is InChI=1S/C24H37N5O2/c1-25-24(26-14-12-22(30)28-21-10-6-3-7-11-21)27-17-20-16-23(31)29(18-20)15-13-19-8-4-2-5-9-19/h2,4-5,8-9,20-21H,3,6-7,10-18H2,1H3,(H,28,30)(H2,25,26,27). The van der Waals surface area contributed by atoms with Gasteiger partial charge >= 0.3 is 0 Å². The number of hydrogen-bond acceptors (Lipinski definition) is 3. The summed E-state index contributed by atoms with van der Waals surface area (Å²) in [5, 5.41) is 9.66. The molecule has 1 saturated carbocycles. The van der Waals surface area contributed by atoms with Crippen LogP contribution in [0.25, 0.3) is 0 Å². The molecule has 0 bridgehead atoms. The van der Waals surface area contributed by atoms with E-state index in [9.17, 15) is 9.59 Å². The van der Waals surface area contributed by atoms with Gasteiger partial charge in [-0.15, -0.1) is 0 Å². The molecular weight excluding hydrogens is 390 g/mol. The molecule has 0 radical (unpaired) electrons. The van der Waals surface area contributed by atoms with Crippen LogP contribution in [0.2, 0.25) is 0 Å². The smallest absolute Gasteiger partial charge is 0.223 e. The summed E-state index contributed by atoms with van der Waals surface area (Å²) in [6.45, 7) is 2.79. The molecule has 1 heterocycles. The maximum atomic E-state index is 12.3. The zero-order valence-electron chi connectivity index (χ0n) is 18.7. The van der Waals surface area contributed by atoms with Gasteiger partial charge in [-0.3, -0.25) is 14.6 Å². The highest BCUT2D eigenvalue weighted by atomic mass is 16.2. The Labute approximate surface area is 186 Å². The molecule has 170 valence electrons. The van der Waals surface area contributed by atoms with Crippen LogP contribution in [0.15, 0.2) is 35.3 Å². The molecule has 1 aromatic carbocycles. The van der Waals surface area contributed by atoms with Crippen LogP contribution in [0.4, 0.5) is 0 Å². The van der Waals surface area contributed by atoms with Gasteiger partial charge in [0, 0.05) is 58.0 Å². The Morgan fingerprint density at radius 1 is 1.13 bits per heavy atom. The highest BCUT2D eigenvalue weighted by Gasteiger charge is 2.29. The number of nitrogens with zero attached hydrogens (tertiary/aromatic N) is 2. The summed E-state index contributed by atoms with van der Waals surface area (Å²) < 4.78 is 0. The molecule has 1 unspecified atom stereocenters. The second-order valence-corrected chi connectivity index (χ2v) is 8.68. The van der Waals surface area contributed by atoms with E-state index in [-0.39, 0.29) is 17.7 Å². The summed E-state index contributed by atoms with van der Waals surface area (Å²) >= 11 is 0. The first-order valence-corrected chi connectivity index (χ1v) is 11.7. The van der Waals surface area contributed by atoms with Crippen LogP contribution >= 0.6 is 0 Å². The molecule has 1 saturated heterocycles. The van der Waals surface area contributed by atoms with Crippen LogP contribution in [0.3, 0.4) is 0 Å². The summed E-state index contributed by atoms with van der Waals surface area (Å²) in [6.07, 6.45) is 7.82. The van der Waals surface area contributed by atoms with Crippen LogP contribution in [0, 0.1) is 5.92 Å². The SMILES string of the molecule is CN=C(NCCC(=O)NC1CCCCC1)NCC1CC(=O)N(CCc2ccccc2)C1. The van der Waals surface area contributed by atoms with Gasteiger partial charge in [-0.05, 0) is 24.8 Å². The van der Waals surface area contributed by atoms with E-state index in [1.54, 1.807) is 7.05 Å². The molecule has 1 aromatic rings. The fraction of sp³-hybridized carbons (Fsp3) is 0.625. The van der Waals surface area contributed by atoms with Crippen molar-refractivity contribution in [2.24, 2.45) is 10.9 Å². The monoisotopic (exact) mass is 427 g/mol. The van der Waals surface area contributed by atoms with Gasteiger partial charge < -0.3 is 20.9 Å². The normalized spacial score (nSPS) is 20.0. The number of rotatable bonds is 9. The topological polar surface area (TPSA) is 85.8 Å². The van der Waals surface area contributed by atoms with Crippen LogP contribution in [0.5, 0.6) is 0 Å². The van der Waals surface area contributed by atoms with Gasteiger partial charge in [-0.2, -0.15) is 0 Å². The summed E-state index contributed by atoms with van der Waals surface area (Å²) in [5.74, 6) is 1.28. The number of carbonyl (C=O) groups excluding carboxylic acids is 2. The van der Waals surface area contributed by atoms with Crippen LogP contribution in [-0.4, -0.2) is 61.9 Å². The zero-order valence-corrected chi connectivity index (χ0v) is 18.7. The predicted molar refractivity (Wildman–Crippen MR) is 124 cm³/mol. The van der Waals surface area contributed by atoms with Crippen LogP contribution < -0.4 is 16.0 Å². The van der Waals surface area contributed by atoms with Crippen molar-refractivity contribution in [2.45, 2.75) is 57.4 Å². The fourth-order valence-corrected chi connectivity index (χ4v) is 4.42. The average Bonchev–Trinajstić information content (AvgIpc) is 3.15. The molecule has 7 nitrogen and oxygen atoms in total. The Hall–Kier alpha value is -2.57. The number of carbonyl (C=O) groups is 2. The van der Waals surface area contributed by atoms with Crippen molar-refractivity contribution in [1.29, 1.82) is 0 Å². The Morgan fingerprint density at radius 2 is 1.90 bits per heavy atom. The summed E-state index contributed by atoms with van der Waals surface area (Å²) in [4.78, 5) is 30.7. The molecule has 1 atom stereocenters. The third-order valence-electron chi connectivity index (χ3n) is 6.20. The van der Waals surface area contributed by atoms with Crippen molar-refractivity contribution in [3.63, 3.8) is 0 Å². The van der Waals surface area contributed by atoms with Gasteiger partial charge in [0.05, 0.1) is 0 Å². The van der Waals surface area contributed by atoms with E-state index >= 15 is 0 Å². The van der Waals surface area contributed by atoms with Crippen LogP contribution in [0.1, 0.15) is 50.5 Å². The lowest BCUT2D eigenvalue weighted by Crippen LogP contribution is -2.42. The van der Waals surface area contributed by atoms with Crippen molar-refractivity contribution in [1.82, 2.24) is 20.9 Å². The Morgan fingerprint density at radius 3 is 2.65 bits per heavy atom. The van der Waals surface area contributed by atoms with Gasteiger partial charge in [0.1, 0.15) is 0 Å². The van der Waals surface area contributed by atoms with Crippen molar-refractivity contribution in [3.05, 3.63) is 35.9 Å². The van der Waals surface area contributed by atoms with Crippen molar-refractivity contribution in [3.8, 4) is 0 Å². The lowest BCUT2D eigenvalue weighted by atomic mass is 9.95. The minimum atomic E-state index is 0.102. The molecule has 2 aliphatic rings. The van der Waals surface area contributed by atoms with E-state index in [4.69, 9.17) is 0 Å². The summed E-state index contributed by atoms with van der Waals surface area (Å²) in [5.41, 5.74) is 1.26. The molecule has 31 heavy (non-hydrogen) atoms. The van der Waals surface area contributed by atoms with Gasteiger partial charge in [0.2, 0.25) is 11.8 Å². The summed E-state index contributed by atoms with van der Waals surface area (Å²) in [6, 6.07) is 10.6. The quantitative estimate of drug-likeness (QED) is 0.416. The Kier molecular flexibility index (Phi) is 9.18. The van der Waals surface area contributed by atoms with Crippen molar-refractivity contribution >= 4 is 17.8 Å². The molecule has 7 heteroatoms. The first-order chi connectivity index (χ1) is 15.1. The largest absolute Gasteiger partial charge is 0.356 e. The highest BCUT2D eigenvalue weighted by molar-refractivity contribution is 5.82. The van der Waals surface area contributed by atoms with E-state index in [0.717, 1.165) is 32.4 Å². The molecule has 3 N–H and O–H groups in total.